The molecule has 1 saturated carbocycles. The Labute approximate surface area is 181 Å². The van der Waals surface area contributed by atoms with Crippen LogP contribution in [0.3, 0.4) is 0 Å². The molecule has 0 spiro atoms. The number of hydrogen-bond acceptors (Lipinski definition) is 6. The van der Waals surface area contributed by atoms with E-state index in [4.69, 9.17) is 9.47 Å². The summed E-state index contributed by atoms with van der Waals surface area (Å²) in [6.07, 6.45) is -3.30. The largest absolute Gasteiger partial charge is 0.453 e. The lowest BCUT2D eigenvalue weighted by Crippen LogP contribution is -2.67. The zero-order valence-corrected chi connectivity index (χ0v) is 18.5. The van der Waals surface area contributed by atoms with Crippen molar-refractivity contribution >= 4 is 12.2 Å². The maximum absolute atomic E-state index is 12.8. The number of amides is 2. The molecule has 2 heterocycles. The lowest BCUT2D eigenvalue weighted by Gasteiger charge is -2.53. The molecule has 3 aliphatic rings. The number of hydrogen-bond donors (Lipinski definition) is 1. The third kappa shape index (κ3) is 5.54. The quantitative estimate of drug-likeness (QED) is 0.713. The molecule has 1 aliphatic carbocycles. The number of rotatable bonds is 3. The molecule has 1 N–H and O–H groups in total. The second-order valence-corrected chi connectivity index (χ2v) is 9.14. The molecular weight excluding hydrogens is 417 g/mol. The van der Waals surface area contributed by atoms with Crippen LogP contribution in [0.5, 0.6) is 0 Å². The Morgan fingerprint density at radius 3 is 2.42 bits per heavy atom. The Bertz CT molecular complexity index is 663. The van der Waals surface area contributed by atoms with Gasteiger partial charge in [0.2, 0.25) is 0 Å². The summed E-state index contributed by atoms with van der Waals surface area (Å²) in [5, 5.41) is 1.23. The van der Waals surface area contributed by atoms with Gasteiger partial charge in [0.05, 0.1) is 31.3 Å². The molecule has 4 unspecified atom stereocenters. The van der Waals surface area contributed by atoms with Crippen molar-refractivity contribution in [1.82, 2.24) is 20.2 Å². The highest BCUT2D eigenvalue weighted by Crippen LogP contribution is 2.40. The van der Waals surface area contributed by atoms with Crippen LogP contribution in [0, 0.1) is 11.8 Å². The standard InChI is InChI=1S/C20H33F3N4O4/c1-12(2)31-18(28)26-9-13(3)27(19(29)30-4)16-6-5-14(7-17(16)26)15-8-24-25(10-15)11-20(21,22)23/h12-17,24H,5-11H2,1-4H3/t13-,14?,15?,16?,17?/m0/s1. The first kappa shape index (κ1) is 23.9. The van der Waals surface area contributed by atoms with Crippen molar-refractivity contribution in [3.05, 3.63) is 0 Å². The fourth-order valence-corrected chi connectivity index (χ4v) is 5.30. The van der Waals surface area contributed by atoms with Crippen LogP contribution in [0.4, 0.5) is 22.8 Å². The molecule has 5 atom stereocenters. The van der Waals surface area contributed by atoms with Gasteiger partial charge in [0, 0.05) is 19.6 Å². The number of carbonyl (C=O) groups is 2. The predicted molar refractivity (Wildman–Crippen MR) is 106 cm³/mol. The molecule has 3 fully saturated rings. The number of carbonyl (C=O) groups excluding carboxylic acids is 2. The molecular formula is C20H33F3N4O4. The van der Waals surface area contributed by atoms with Crippen molar-refractivity contribution in [3.8, 4) is 0 Å². The molecule has 178 valence electrons. The van der Waals surface area contributed by atoms with Crippen LogP contribution in [0.2, 0.25) is 0 Å². The van der Waals surface area contributed by atoms with E-state index in [1.807, 2.05) is 6.92 Å². The third-order valence-corrected chi connectivity index (χ3v) is 6.54. The number of methoxy groups -OCH3 is 1. The van der Waals surface area contributed by atoms with Crippen LogP contribution >= 0.6 is 0 Å². The van der Waals surface area contributed by atoms with Gasteiger partial charge in [-0.25, -0.2) is 14.6 Å². The summed E-state index contributed by atoms with van der Waals surface area (Å²) < 4.78 is 48.7. The van der Waals surface area contributed by atoms with Crippen LogP contribution in [-0.2, 0) is 9.47 Å². The first-order valence-electron chi connectivity index (χ1n) is 10.9. The molecule has 2 saturated heterocycles. The normalized spacial score (nSPS) is 32.2. The zero-order valence-electron chi connectivity index (χ0n) is 18.5. The Balaban J connectivity index is 1.75. The number of nitrogens with zero attached hydrogens (tertiary/aromatic N) is 3. The molecule has 0 aromatic carbocycles. The highest BCUT2D eigenvalue weighted by molar-refractivity contribution is 5.72. The SMILES string of the molecule is COC(=O)N1C2CCC(C3CNN(CC(F)(F)F)C3)CC2N(C(=O)OC(C)C)C[C@@H]1C. The number of hydrazine groups is 1. The Hall–Kier alpha value is -1.75. The van der Waals surface area contributed by atoms with E-state index >= 15 is 0 Å². The lowest BCUT2D eigenvalue weighted by atomic mass is 9.73. The number of nitrogens with one attached hydrogen (secondary N) is 1. The Morgan fingerprint density at radius 2 is 1.81 bits per heavy atom. The van der Waals surface area contributed by atoms with Gasteiger partial charge in [-0.05, 0) is 51.9 Å². The Morgan fingerprint density at radius 1 is 1.10 bits per heavy atom. The van der Waals surface area contributed by atoms with Crippen LogP contribution in [0.25, 0.3) is 0 Å². The first-order chi connectivity index (χ1) is 14.5. The van der Waals surface area contributed by atoms with Crippen molar-refractivity contribution in [2.45, 2.75) is 70.4 Å². The van der Waals surface area contributed by atoms with E-state index in [1.165, 1.54) is 12.1 Å². The molecule has 3 rings (SSSR count). The molecule has 0 aromatic rings. The van der Waals surface area contributed by atoms with Gasteiger partial charge in [-0.1, -0.05) is 0 Å². The summed E-state index contributed by atoms with van der Waals surface area (Å²) >= 11 is 0. The van der Waals surface area contributed by atoms with Gasteiger partial charge in [0.15, 0.2) is 0 Å². The minimum atomic E-state index is -4.25. The maximum Gasteiger partial charge on any atom is 0.410 e. The van der Waals surface area contributed by atoms with Gasteiger partial charge in [-0.2, -0.15) is 13.2 Å². The van der Waals surface area contributed by atoms with Gasteiger partial charge in [0.25, 0.3) is 0 Å². The third-order valence-electron chi connectivity index (χ3n) is 6.54. The van der Waals surface area contributed by atoms with Crippen LogP contribution < -0.4 is 5.43 Å². The van der Waals surface area contributed by atoms with E-state index in [2.05, 4.69) is 5.43 Å². The van der Waals surface area contributed by atoms with E-state index < -0.39 is 24.9 Å². The summed E-state index contributed by atoms with van der Waals surface area (Å²) in [6.45, 7) is 5.59. The first-order valence-corrected chi connectivity index (χ1v) is 10.9. The van der Waals surface area contributed by atoms with Gasteiger partial charge in [0.1, 0.15) is 6.54 Å². The average Bonchev–Trinajstić information content (AvgIpc) is 3.12. The molecule has 2 amide bonds. The van der Waals surface area contributed by atoms with Crippen LogP contribution in [0.15, 0.2) is 0 Å². The summed E-state index contributed by atoms with van der Waals surface area (Å²) in [5.74, 6) is 0.200. The molecule has 0 radical (unpaired) electrons. The van der Waals surface area contributed by atoms with Crippen molar-refractivity contribution in [2.75, 3.05) is 33.3 Å². The second-order valence-electron chi connectivity index (χ2n) is 9.14. The van der Waals surface area contributed by atoms with E-state index in [0.29, 0.717) is 32.5 Å². The summed E-state index contributed by atoms with van der Waals surface area (Å²) in [5.41, 5.74) is 2.86. The van der Waals surface area contributed by atoms with E-state index in [0.717, 1.165) is 6.42 Å². The van der Waals surface area contributed by atoms with Gasteiger partial charge < -0.3 is 14.4 Å². The Kier molecular flexibility index (Phi) is 7.25. The fourth-order valence-electron chi connectivity index (χ4n) is 5.30. The van der Waals surface area contributed by atoms with Crippen LogP contribution in [-0.4, -0.2) is 90.7 Å². The molecule has 0 aromatic heterocycles. The van der Waals surface area contributed by atoms with E-state index in [-0.39, 0.29) is 36.1 Å². The monoisotopic (exact) mass is 450 g/mol. The summed E-state index contributed by atoms with van der Waals surface area (Å²) in [6, 6.07) is -0.676. The number of piperazine rings is 1. The molecule has 8 nitrogen and oxygen atoms in total. The number of fused-ring (bicyclic) bond motifs is 1. The van der Waals surface area contributed by atoms with Gasteiger partial charge in [-0.3, -0.25) is 10.3 Å². The maximum atomic E-state index is 12.8. The van der Waals surface area contributed by atoms with Crippen LogP contribution in [0.1, 0.15) is 40.0 Å². The number of ether oxygens (including phenoxy) is 2. The molecule has 0 bridgehead atoms. The summed E-state index contributed by atoms with van der Waals surface area (Å²) in [7, 11) is 1.34. The summed E-state index contributed by atoms with van der Waals surface area (Å²) in [4.78, 5) is 28.7. The zero-order chi connectivity index (χ0) is 22.9. The lowest BCUT2D eigenvalue weighted by molar-refractivity contribution is -0.149. The average molecular weight is 451 g/mol. The van der Waals surface area contributed by atoms with Crippen molar-refractivity contribution in [1.29, 1.82) is 0 Å². The molecule has 11 heteroatoms. The highest BCUT2D eigenvalue weighted by atomic mass is 19.4. The van der Waals surface area contributed by atoms with Crippen molar-refractivity contribution in [3.63, 3.8) is 0 Å². The van der Waals surface area contributed by atoms with Crippen molar-refractivity contribution < 1.29 is 32.2 Å². The number of halogens is 3. The smallest absolute Gasteiger partial charge is 0.410 e. The highest BCUT2D eigenvalue weighted by Gasteiger charge is 2.49. The number of alkyl halides is 3. The van der Waals surface area contributed by atoms with Gasteiger partial charge in [-0.15, -0.1) is 0 Å². The molecule has 31 heavy (non-hydrogen) atoms. The minimum absolute atomic E-state index is 0.0530. The minimum Gasteiger partial charge on any atom is -0.453 e. The predicted octanol–water partition coefficient (Wildman–Crippen LogP) is 2.84. The fraction of sp³-hybridized carbons (Fsp3) is 0.900. The topological polar surface area (TPSA) is 74.4 Å². The van der Waals surface area contributed by atoms with E-state index in [9.17, 15) is 22.8 Å². The van der Waals surface area contributed by atoms with Crippen molar-refractivity contribution in [2.24, 2.45) is 11.8 Å². The second kappa shape index (κ2) is 9.40. The van der Waals surface area contributed by atoms with Gasteiger partial charge >= 0.3 is 18.4 Å². The van der Waals surface area contributed by atoms with E-state index in [1.54, 1.807) is 23.6 Å². The molecule has 2 aliphatic heterocycles.